The fourth-order valence-corrected chi connectivity index (χ4v) is 2.52. The van der Waals surface area contributed by atoms with Crippen LogP contribution in [0, 0.1) is 13.8 Å². The minimum Gasteiger partial charge on any atom is -0.313 e. The van der Waals surface area contributed by atoms with Crippen molar-refractivity contribution >= 4 is 0 Å². The third-order valence-electron chi connectivity index (χ3n) is 3.71. The molecule has 1 aliphatic carbocycles. The maximum absolute atomic E-state index is 12.5. The van der Waals surface area contributed by atoms with E-state index in [0.29, 0.717) is 23.9 Å². The first-order chi connectivity index (χ1) is 9.11. The number of pyridine rings is 1. The lowest BCUT2D eigenvalue weighted by molar-refractivity contribution is 0.699. The Bertz CT molecular complexity index is 679. The van der Waals surface area contributed by atoms with E-state index in [1.807, 2.05) is 26.8 Å². The Labute approximate surface area is 111 Å². The molecule has 0 amide bonds. The standard InChI is InChI=1S/C14H18N4O/c1-4-18-9(3)7-8(2)11(14(18)19)13-15-12(16-17-13)10-5-6-10/h7,10H,4-6H2,1-3H3,(H,15,16,17). The van der Waals surface area contributed by atoms with Crippen LogP contribution >= 0.6 is 0 Å². The molecule has 0 unspecified atom stereocenters. The summed E-state index contributed by atoms with van der Waals surface area (Å²) in [5.74, 6) is 1.96. The highest BCUT2D eigenvalue weighted by atomic mass is 16.1. The Morgan fingerprint density at radius 2 is 2.16 bits per heavy atom. The van der Waals surface area contributed by atoms with Crippen LogP contribution in [0.4, 0.5) is 0 Å². The van der Waals surface area contributed by atoms with E-state index in [1.54, 1.807) is 4.57 Å². The highest BCUT2D eigenvalue weighted by molar-refractivity contribution is 5.58. The number of nitrogens with one attached hydrogen (secondary N) is 1. The molecule has 0 aliphatic heterocycles. The van der Waals surface area contributed by atoms with Crippen molar-refractivity contribution in [1.29, 1.82) is 0 Å². The molecule has 2 heterocycles. The predicted octanol–water partition coefficient (Wildman–Crippen LogP) is 2.15. The lowest BCUT2D eigenvalue weighted by Gasteiger charge is -2.10. The van der Waals surface area contributed by atoms with Gasteiger partial charge in [-0.1, -0.05) is 0 Å². The molecule has 1 fully saturated rings. The van der Waals surface area contributed by atoms with Crippen LogP contribution in [0.3, 0.4) is 0 Å². The molecule has 0 spiro atoms. The van der Waals surface area contributed by atoms with E-state index in [9.17, 15) is 4.79 Å². The van der Waals surface area contributed by atoms with Gasteiger partial charge in [-0.25, -0.2) is 4.98 Å². The summed E-state index contributed by atoms with van der Waals surface area (Å²) in [4.78, 5) is 17.0. The van der Waals surface area contributed by atoms with Gasteiger partial charge in [-0.3, -0.25) is 9.89 Å². The summed E-state index contributed by atoms with van der Waals surface area (Å²) < 4.78 is 1.76. The maximum atomic E-state index is 12.5. The second kappa shape index (κ2) is 4.33. The fraction of sp³-hybridized carbons (Fsp3) is 0.500. The molecule has 1 saturated carbocycles. The van der Waals surface area contributed by atoms with Crippen LogP contribution in [-0.4, -0.2) is 19.7 Å². The zero-order valence-corrected chi connectivity index (χ0v) is 11.5. The quantitative estimate of drug-likeness (QED) is 0.917. The molecular weight excluding hydrogens is 240 g/mol. The van der Waals surface area contributed by atoms with Crippen LogP contribution in [0.15, 0.2) is 10.9 Å². The fourth-order valence-electron chi connectivity index (χ4n) is 2.52. The third kappa shape index (κ3) is 1.99. The Kier molecular flexibility index (Phi) is 2.77. The second-order valence-corrected chi connectivity index (χ2v) is 5.21. The molecule has 1 aliphatic rings. The highest BCUT2D eigenvalue weighted by Crippen LogP contribution is 2.38. The molecule has 0 radical (unpaired) electrons. The zero-order valence-electron chi connectivity index (χ0n) is 11.5. The topological polar surface area (TPSA) is 63.6 Å². The molecule has 100 valence electrons. The van der Waals surface area contributed by atoms with Gasteiger partial charge in [0.25, 0.3) is 5.56 Å². The first-order valence-electron chi connectivity index (χ1n) is 6.75. The van der Waals surface area contributed by atoms with Gasteiger partial charge in [0.2, 0.25) is 0 Å². The van der Waals surface area contributed by atoms with E-state index < -0.39 is 0 Å². The van der Waals surface area contributed by atoms with E-state index >= 15 is 0 Å². The van der Waals surface area contributed by atoms with Gasteiger partial charge in [0, 0.05) is 18.2 Å². The van der Waals surface area contributed by atoms with Crippen LogP contribution in [0.5, 0.6) is 0 Å². The number of aryl methyl sites for hydroxylation is 2. The Morgan fingerprint density at radius 3 is 2.79 bits per heavy atom. The van der Waals surface area contributed by atoms with Crippen LogP contribution in [-0.2, 0) is 6.54 Å². The third-order valence-corrected chi connectivity index (χ3v) is 3.71. The van der Waals surface area contributed by atoms with Gasteiger partial charge in [-0.15, -0.1) is 0 Å². The monoisotopic (exact) mass is 258 g/mol. The van der Waals surface area contributed by atoms with Crippen LogP contribution in [0.1, 0.15) is 42.8 Å². The summed E-state index contributed by atoms with van der Waals surface area (Å²) in [7, 11) is 0. The normalized spacial score (nSPS) is 14.9. The molecule has 1 N–H and O–H groups in total. The first-order valence-corrected chi connectivity index (χ1v) is 6.75. The zero-order chi connectivity index (χ0) is 13.6. The van der Waals surface area contributed by atoms with Gasteiger partial charge in [0.05, 0.1) is 5.56 Å². The van der Waals surface area contributed by atoms with Gasteiger partial charge in [0.1, 0.15) is 5.82 Å². The number of aromatic nitrogens is 4. The summed E-state index contributed by atoms with van der Waals surface area (Å²) in [6.45, 7) is 6.53. The molecule has 2 aromatic rings. The van der Waals surface area contributed by atoms with Crippen molar-refractivity contribution in [3.8, 4) is 11.4 Å². The highest BCUT2D eigenvalue weighted by Gasteiger charge is 2.28. The molecule has 3 rings (SSSR count). The predicted molar refractivity (Wildman–Crippen MR) is 73.2 cm³/mol. The van der Waals surface area contributed by atoms with Crippen molar-refractivity contribution in [1.82, 2.24) is 19.7 Å². The molecule has 0 bridgehead atoms. The van der Waals surface area contributed by atoms with Crippen molar-refractivity contribution < 1.29 is 0 Å². The summed E-state index contributed by atoms with van der Waals surface area (Å²) in [6.07, 6.45) is 2.33. The van der Waals surface area contributed by atoms with Crippen LogP contribution in [0.25, 0.3) is 11.4 Å². The Morgan fingerprint density at radius 1 is 1.42 bits per heavy atom. The van der Waals surface area contributed by atoms with E-state index in [0.717, 1.165) is 17.1 Å². The maximum Gasteiger partial charge on any atom is 0.262 e. The van der Waals surface area contributed by atoms with Gasteiger partial charge in [0.15, 0.2) is 5.82 Å². The summed E-state index contributed by atoms with van der Waals surface area (Å²) in [6, 6.07) is 2.02. The van der Waals surface area contributed by atoms with E-state index in [2.05, 4.69) is 15.2 Å². The average Bonchev–Trinajstić information content (AvgIpc) is 3.10. The molecule has 5 nitrogen and oxygen atoms in total. The first kappa shape index (κ1) is 12.1. The number of H-pyrrole nitrogens is 1. The second-order valence-electron chi connectivity index (χ2n) is 5.21. The summed E-state index contributed by atoms with van der Waals surface area (Å²) >= 11 is 0. The van der Waals surface area contributed by atoms with Gasteiger partial charge >= 0.3 is 0 Å². The Balaban J connectivity index is 2.15. The molecule has 2 aromatic heterocycles. The van der Waals surface area contributed by atoms with Crippen molar-refractivity contribution in [2.45, 2.75) is 46.1 Å². The average molecular weight is 258 g/mol. The minimum absolute atomic E-state index is 0.00125. The number of nitrogens with zero attached hydrogens (tertiary/aromatic N) is 3. The van der Waals surface area contributed by atoms with E-state index in [4.69, 9.17) is 0 Å². The molecule has 5 heteroatoms. The number of aromatic amines is 1. The molecule has 0 aromatic carbocycles. The van der Waals surface area contributed by atoms with Crippen molar-refractivity contribution in [2.24, 2.45) is 0 Å². The van der Waals surface area contributed by atoms with Gasteiger partial charge in [-0.05, 0) is 45.2 Å². The van der Waals surface area contributed by atoms with Crippen LogP contribution < -0.4 is 5.56 Å². The van der Waals surface area contributed by atoms with Gasteiger partial charge in [-0.2, -0.15) is 5.10 Å². The lowest BCUT2D eigenvalue weighted by Crippen LogP contribution is -2.24. The minimum atomic E-state index is 0.00125. The van der Waals surface area contributed by atoms with Crippen molar-refractivity contribution in [3.63, 3.8) is 0 Å². The lowest BCUT2D eigenvalue weighted by atomic mass is 10.1. The molecule has 19 heavy (non-hydrogen) atoms. The smallest absolute Gasteiger partial charge is 0.262 e. The molecular formula is C14H18N4O. The number of hydrogen-bond acceptors (Lipinski definition) is 3. The summed E-state index contributed by atoms with van der Waals surface area (Å²) in [5.41, 5.74) is 2.54. The molecule has 0 saturated heterocycles. The largest absolute Gasteiger partial charge is 0.313 e. The number of rotatable bonds is 3. The SMILES string of the molecule is CCn1c(C)cc(C)c(-c2n[nH]c(C3CC3)n2)c1=O. The number of hydrogen-bond donors (Lipinski definition) is 1. The van der Waals surface area contributed by atoms with Gasteiger partial charge < -0.3 is 4.57 Å². The Hall–Kier alpha value is -1.91. The van der Waals surface area contributed by atoms with E-state index in [-0.39, 0.29) is 5.56 Å². The van der Waals surface area contributed by atoms with E-state index in [1.165, 1.54) is 12.8 Å². The summed E-state index contributed by atoms with van der Waals surface area (Å²) in [5, 5.41) is 7.19. The van der Waals surface area contributed by atoms with Crippen LogP contribution in [0.2, 0.25) is 0 Å². The molecule has 0 atom stereocenters. The van der Waals surface area contributed by atoms with Crippen molar-refractivity contribution in [3.05, 3.63) is 33.5 Å². The van der Waals surface area contributed by atoms with Crippen molar-refractivity contribution in [2.75, 3.05) is 0 Å².